The maximum Gasteiger partial charge on any atom is 0.323 e. The van der Waals surface area contributed by atoms with Gasteiger partial charge in [-0.25, -0.2) is 4.79 Å². The monoisotopic (exact) mass is 200 g/mol. The van der Waals surface area contributed by atoms with E-state index in [1.165, 1.54) is 4.90 Å². The molecule has 0 aromatic carbocycles. The molecule has 1 saturated carbocycles. The number of nitrogens with zero attached hydrogens (tertiary/aromatic N) is 1. The average molecular weight is 200 g/mol. The van der Waals surface area contributed by atoms with E-state index in [1.807, 2.05) is 0 Å². The minimum Gasteiger partial charge on any atom is -0.480 e. The van der Waals surface area contributed by atoms with Crippen molar-refractivity contribution in [3.63, 3.8) is 0 Å². The molecule has 1 fully saturated rings. The number of nitrogens with one attached hydrogen (secondary N) is 1. The van der Waals surface area contributed by atoms with Crippen molar-refractivity contribution in [2.45, 2.75) is 26.3 Å². The number of amides is 2. The van der Waals surface area contributed by atoms with Crippen molar-refractivity contribution in [2.75, 3.05) is 13.1 Å². The largest absolute Gasteiger partial charge is 0.480 e. The van der Waals surface area contributed by atoms with E-state index >= 15 is 0 Å². The van der Waals surface area contributed by atoms with E-state index in [9.17, 15) is 9.59 Å². The number of carbonyl (C=O) groups is 2. The van der Waals surface area contributed by atoms with Crippen molar-refractivity contribution in [2.24, 2.45) is 5.92 Å². The van der Waals surface area contributed by atoms with Crippen LogP contribution in [0, 0.1) is 5.92 Å². The SMILES string of the molecule is CCN(CC(=O)O)C(=O)NC1CC1C. The molecule has 2 atom stereocenters. The van der Waals surface area contributed by atoms with Crippen molar-refractivity contribution in [1.29, 1.82) is 0 Å². The van der Waals surface area contributed by atoms with Gasteiger partial charge in [-0.2, -0.15) is 0 Å². The van der Waals surface area contributed by atoms with Crippen molar-refractivity contribution >= 4 is 12.0 Å². The molecule has 0 aromatic heterocycles. The minimum atomic E-state index is -0.981. The Balaban J connectivity index is 2.35. The first-order valence-electron chi connectivity index (χ1n) is 4.81. The Labute approximate surface area is 83.1 Å². The number of carbonyl (C=O) groups excluding carboxylic acids is 1. The molecule has 0 aliphatic heterocycles. The summed E-state index contributed by atoms with van der Waals surface area (Å²) in [6.07, 6.45) is 0.996. The fourth-order valence-corrected chi connectivity index (χ4v) is 1.26. The molecule has 0 bridgehead atoms. The Morgan fingerprint density at radius 2 is 2.14 bits per heavy atom. The number of hydrogen-bond donors (Lipinski definition) is 2. The van der Waals surface area contributed by atoms with Crippen LogP contribution in [0.15, 0.2) is 0 Å². The maximum absolute atomic E-state index is 11.5. The zero-order valence-corrected chi connectivity index (χ0v) is 8.49. The molecule has 0 saturated heterocycles. The van der Waals surface area contributed by atoms with Crippen LogP contribution >= 0.6 is 0 Å². The maximum atomic E-state index is 11.5. The summed E-state index contributed by atoms with van der Waals surface area (Å²) in [5.74, 6) is -0.451. The molecule has 0 spiro atoms. The molecule has 5 heteroatoms. The van der Waals surface area contributed by atoms with E-state index in [-0.39, 0.29) is 18.6 Å². The first kappa shape index (κ1) is 10.8. The molecule has 80 valence electrons. The second kappa shape index (κ2) is 4.30. The van der Waals surface area contributed by atoms with Gasteiger partial charge in [0.2, 0.25) is 0 Å². The Morgan fingerprint density at radius 1 is 1.57 bits per heavy atom. The third-order valence-corrected chi connectivity index (χ3v) is 2.41. The molecule has 5 nitrogen and oxygen atoms in total. The van der Waals surface area contributed by atoms with Crippen LogP contribution in [0.4, 0.5) is 4.79 Å². The van der Waals surface area contributed by atoms with Gasteiger partial charge in [-0.1, -0.05) is 6.92 Å². The Bertz CT molecular complexity index is 242. The van der Waals surface area contributed by atoms with E-state index in [4.69, 9.17) is 5.11 Å². The molecule has 2 unspecified atom stereocenters. The van der Waals surface area contributed by atoms with E-state index in [1.54, 1.807) is 6.92 Å². The summed E-state index contributed by atoms with van der Waals surface area (Å²) in [4.78, 5) is 23.2. The lowest BCUT2D eigenvalue weighted by atomic mass is 10.4. The van der Waals surface area contributed by atoms with E-state index < -0.39 is 5.97 Å². The second-order valence-corrected chi connectivity index (χ2v) is 3.68. The molecular weight excluding hydrogens is 184 g/mol. The van der Waals surface area contributed by atoms with E-state index in [0.29, 0.717) is 12.5 Å². The number of urea groups is 1. The second-order valence-electron chi connectivity index (χ2n) is 3.68. The lowest BCUT2D eigenvalue weighted by Crippen LogP contribution is -2.43. The van der Waals surface area contributed by atoms with Gasteiger partial charge in [0.05, 0.1) is 0 Å². The number of carboxylic acids is 1. The van der Waals surface area contributed by atoms with Crippen LogP contribution in [0.25, 0.3) is 0 Å². The van der Waals surface area contributed by atoms with Crippen LogP contribution in [0.5, 0.6) is 0 Å². The first-order chi connectivity index (χ1) is 6.54. The Hall–Kier alpha value is -1.26. The molecule has 2 N–H and O–H groups in total. The van der Waals surface area contributed by atoms with E-state index in [0.717, 1.165) is 6.42 Å². The van der Waals surface area contributed by atoms with Crippen LogP contribution in [0.1, 0.15) is 20.3 Å². The van der Waals surface area contributed by atoms with Crippen LogP contribution in [0.3, 0.4) is 0 Å². The summed E-state index contributed by atoms with van der Waals surface area (Å²) in [5, 5.41) is 11.3. The predicted molar refractivity (Wildman–Crippen MR) is 51.0 cm³/mol. The number of hydrogen-bond acceptors (Lipinski definition) is 2. The summed E-state index contributed by atoms with van der Waals surface area (Å²) >= 11 is 0. The first-order valence-corrected chi connectivity index (χ1v) is 4.81. The third kappa shape index (κ3) is 2.90. The topological polar surface area (TPSA) is 69.6 Å². The highest BCUT2D eigenvalue weighted by atomic mass is 16.4. The summed E-state index contributed by atoms with van der Waals surface area (Å²) in [6.45, 7) is 4.00. The standard InChI is InChI=1S/C9H16N2O3/c1-3-11(5-8(12)13)9(14)10-7-4-6(7)2/h6-7H,3-5H2,1-2H3,(H,10,14)(H,12,13). The highest BCUT2D eigenvalue weighted by Gasteiger charge is 2.34. The number of aliphatic carboxylic acids is 1. The molecule has 1 rings (SSSR count). The molecule has 0 radical (unpaired) electrons. The molecule has 0 aromatic rings. The smallest absolute Gasteiger partial charge is 0.323 e. The van der Waals surface area contributed by atoms with E-state index in [2.05, 4.69) is 12.2 Å². The van der Waals surface area contributed by atoms with Crippen molar-refractivity contribution in [3.8, 4) is 0 Å². The fourth-order valence-electron chi connectivity index (χ4n) is 1.26. The quantitative estimate of drug-likeness (QED) is 0.694. The summed E-state index contributed by atoms with van der Waals surface area (Å²) in [7, 11) is 0. The van der Waals surface area contributed by atoms with Crippen LogP contribution in [-0.2, 0) is 4.79 Å². The summed E-state index contributed by atoms with van der Waals surface area (Å²) < 4.78 is 0. The van der Waals surface area contributed by atoms with Gasteiger partial charge >= 0.3 is 12.0 Å². The fraction of sp³-hybridized carbons (Fsp3) is 0.778. The molecular formula is C9H16N2O3. The normalized spacial score (nSPS) is 24.1. The van der Waals surface area contributed by atoms with Gasteiger partial charge < -0.3 is 15.3 Å². The van der Waals surface area contributed by atoms with Gasteiger partial charge in [0.1, 0.15) is 6.54 Å². The molecule has 0 heterocycles. The number of likely N-dealkylation sites (N-methyl/N-ethyl adjacent to an activating group) is 1. The molecule has 1 aliphatic rings. The highest BCUT2D eigenvalue weighted by molar-refractivity contribution is 5.80. The zero-order valence-electron chi connectivity index (χ0n) is 8.49. The molecule has 1 aliphatic carbocycles. The van der Waals surface area contributed by atoms with Gasteiger partial charge in [-0.05, 0) is 19.3 Å². The molecule has 2 amide bonds. The minimum absolute atomic E-state index is 0.233. The summed E-state index contributed by atoms with van der Waals surface area (Å²) in [6, 6.07) is -0.0328. The van der Waals surface area contributed by atoms with Gasteiger partial charge in [-0.15, -0.1) is 0 Å². The van der Waals surface area contributed by atoms with Crippen molar-refractivity contribution in [1.82, 2.24) is 10.2 Å². The van der Waals surface area contributed by atoms with Crippen molar-refractivity contribution in [3.05, 3.63) is 0 Å². The Morgan fingerprint density at radius 3 is 2.50 bits per heavy atom. The van der Waals surface area contributed by atoms with Crippen LogP contribution in [0.2, 0.25) is 0 Å². The zero-order chi connectivity index (χ0) is 10.7. The van der Waals surface area contributed by atoms with Crippen LogP contribution in [-0.4, -0.2) is 41.1 Å². The highest BCUT2D eigenvalue weighted by Crippen LogP contribution is 2.28. The van der Waals surface area contributed by atoms with Gasteiger partial charge in [-0.3, -0.25) is 4.79 Å². The van der Waals surface area contributed by atoms with Gasteiger partial charge in [0, 0.05) is 12.6 Å². The summed E-state index contributed by atoms with van der Waals surface area (Å²) in [5.41, 5.74) is 0. The predicted octanol–water partition coefficient (Wildman–Crippen LogP) is 0.511. The average Bonchev–Trinajstić information content (AvgIpc) is 2.77. The van der Waals surface area contributed by atoms with Gasteiger partial charge in [0.15, 0.2) is 0 Å². The Kier molecular flexibility index (Phi) is 3.33. The molecule has 14 heavy (non-hydrogen) atoms. The third-order valence-electron chi connectivity index (χ3n) is 2.41. The van der Waals surface area contributed by atoms with Crippen molar-refractivity contribution < 1.29 is 14.7 Å². The van der Waals surface area contributed by atoms with Gasteiger partial charge in [0.25, 0.3) is 0 Å². The number of rotatable bonds is 4. The van der Waals surface area contributed by atoms with Crippen LogP contribution < -0.4 is 5.32 Å². The lowest BCUT2D eigenvalue weighted by molar-refractivity contribution is -0.137. The lowest BCUT2D eigenvalue weighted by Gasteiger charge is -2.18. The number of carboxylic acid groups (broad SMARTS) is 1.